The summed E-state index contributed by atoms with van der Waals surface area (Å²) >= 11 is 0. The van der Waals surface area contributed by atoms with Gasteiger partial charge < -0.3 is 0 Å². The van der Waals surface area contributed by atoms with Gasteiger partial charge in [0.25, 0.3) is 0 Å². The average molecular weight is 633 g/mol. The van der Waals surface area contributed by atoms with Gasteiger partial charge in [-0.15, -0.1) is 0 Å². The van der Waals surface area contributed by atoms with Gasteiger partial charge in [0.1, 0.15) is 36.9 Å². The van der Waals surface area contributed by atoms with Crippen LogP contribution in [0.2, 0.25) is 0 Å². The normalized spacial score (nSPS) is 21.0. The number of allylic oxidation sites excluding steroid dienone is 2. The number of aliphatic imine (C=N–C) groups is 2. The summed E-state index contributed by atoms with van der Waals surface area (Å²) < 4.78 is 0. The molecule has 2 N–H and O–H groups in total. The van der Waals surface area contributed by atoms with Gasteiger partial charge in [0.15, 0.2) is 0 Å². The molecule has 0 aliphatic carbocycles. The van der Waals surface area contributed by atoms with Crippen molar-refractivity contribution in [2.75, 3.05) is 13.1 Å². The molecule has 2 unspecified atom stereocenters. The molecule has 4 aromatic carbocycles. The summed E-state index contributed by atoms with van der Waals surface area (Å²) in [6.07, 6.45) is 23.5. The number of fused-ring (bicyclic) bond motifs is 3. The van der Waals surface area contributed by atoms with E-state index in [1.807, 2.05) is 0 Å². The predicted octanol–water partition coefficient (Wildman–Crippen LogP) is 8.06. The fourth-order valence-electron chi connectivity index (χ4n) is 7.08. The van der Waals surface area contributed by atoms with Gasteiger partial charge in [-0.1, -0.05) is 123 Å². The van der Waals surface area contributed by atoms with Crippen molar-refractivity contribution in [3.05, 3.63) is 155 Å². The van der Waals surface area contributed by atoms with E-state index in [2.05, 4.69) is 134 Å². The first-order chi connectivity index (χ1) is 23.8. The Morgan fingerprint density at radius 2 is 0.792 bits per heavy atom. The van der Waals surface area contributed by atoms with Gasteiger partial charge in [0.05, 0.1) is 22.6 Å². The molecule has 4 heteroatoms. The minimum Gasteiger partial charge on any atom is -0.284 e. The summed E-state index contributed by atoms with van der Waals surface area (Å²) in [4.78, 5) is 12.8. The lowest BCUT2D eigenvalue weighted by Gasteiger charge is -2.21. The van der Waals surface area contributed by atoms with Crippen molar-refractivity contribution in [2.24, 2.45) is 9.98 Å². The number of quaternary nitrogens is 2. The van der Waals surface area contributed by atoms with Crippen LogP contribution in [0.15, 0.2) is 132 Å². The Balaban J connectivity index is 1.07. The van der Waals surface area contributed by atoms with E-state index in [4.69, 9.17) is 9.98 Å². The summed E-state index contributed by atoms with van der Waals surface area (Å²) in [5.41, 5.74) is 12.5. The minimum atomic E-state index is 0.902. The van der Waals surface area contributed by atoms with Crippen molar-refractivity contribution in [3.8, 4) is 0 Å². The Morgan fingerprint density at radius 1 is 0.396 bits per heavy atom. The van der Waals surface area contributed by atoms with Crippen LogP contribution in [0, 0.1) is 0 Å². The summed E-state index contributed by atoms with van der Waals surface area (Å²) in [7, 11) is 0. The second-order valence-corrected chi connectivity index (χ2v) is 13.3. The Morgan fingerprint density at radius 3 is 1.23 bits per heavy atom. The maximum atomic E-state index is 5.04. The molecule has 0 saturated heterocycles. The molecule has 48 heavy (non-hydrogen) atoms. The zero-order valence-corrected chi connectivity index (χ0v) is 28.1. The van der Waals surface area contributed by atoms with E-state index in [1.54, 1.807) is 0 Å². The Bertz CT molecular complexity index is 1690. The van der Waals surface area contributed by atoms with Crippen molar-refractivity contribution in [1.29, 1.82) is 0 Å². The number of rotatable bonds is 0. The maximum Gasteiger partial charge on any atom is 0.145 e. The van der Waals surface area contributed by atoms with E-state index in [0.29, 0.717) is 0 Å². The van der Waals surface area contributed by atoms with Gasteiger partial charge in [0.2, 0.25) is 0 Å². The zero-order valence-electron chi connectivity index (χ0n) is 28.1. The Labute approximate surface area is 286 Å². The lowest BCUT2D eigenvalue weighted by atomic mass is 10.0. The molecule has 10 rings (SSSR count). The number of hydrogen-bond acceptors (Lipinski definition) is 2. The summed E-state index contributed by atoms with van der Waals surface area (Å²) in [6.45, 7) is 3.64. The van der Waals surface area contributed by atoms with Crippen LogP contribution in [-0.4, -0.2) is 24.5 Å². The molecule has 6 aliphatic heterocycles. The predicted molar refractivity (Wildman–Crippen MR) is 201 cm³/mol. The SMILES string of the molecule is C1=C[NH+]2Cc3ccc(cc3)/C=C\c3ccc(cc3)C[NH+]3C=CC(=NCCCCCCCCCCN=C1c1ccccc12)c1ccccc13. The van der Waals surface area contributed by atoms with E-state index in [-0.39, 0.29) is 0 Å². The Kier molecular flexibility index (Phi) is 10.6. The standard InChI is InChI=1S/C44H46N4/c1-2-4-6-12-30-46-42-28-32-48(44-16-10-8-14-40(42)44)34-38-25-21-36(22-26-38)18-17-35-19-23-37(24-20-35)33-47-31-27-41(45-29-11-5-3-1)39-13-7-9-15-43(39)47/h7-10,13-28,31-32H,1-6,11-12,29-30,33-34H2/p+2/b18-17-,45-41?,46-42?. The van der Waals surface area contributed by atoms with Crippen LogP contribution in [0.5, 0.6) is 0 Å². The van der Waals surface area contributed by atoms with Gasteiger partial charge in [-0.05, 0) is 36.1 Å². The first kappa shape index (κ1) is 31.9. The molecule has 0 radical (unpaired) electrons. The minimum absolute atomic E-state index is 0.902. The lowest BCUT2D eigenvalue weighted by Crippen LogP contribution is -3.01. The van der Waals surface area contributed by atoms with Crippen molar-refractivity contribution in [1.82, 2.24) is 0 Å². The number of para-hydroxylation sites is 2. The van der Waals surface area contributed by atoms with Crippen LogP contribution in [0.1, 0.15) is 84.7 Å². The van der Waals surface area contributed by atoms with Crippen LogP contribution < -0.4 is 9.80 Å². The average Bonchev–Trinajstić information content (AvgIpc) is 3.13. The third-order valence-electron chi connectivity index (χ3n) is 9.83. The Hall–Kier alpha value is -4.64. The van der Waals surface area contributed by atoms with E-state index in [9.17, 15) is 0 Å². The van der Waals surface area contributed by atoms with Gasteiger partial charge >= 0.3 is 0 Å². The quantitative estimate of drug-likeness (QED) is 0.197. The summed E-state index contributed by atoms with van der Waals surface area (Å²) in [6, 6.07) is 35.5. The molecule has 4 nitrogen and oxygen atoms in total. The number of nitrogens with zero attached hydrogens (tertiary/aromatic N) is 2. The van der Waals surface area contributed by atoms with E-state index < -0.39 is 0 Å². The zero-order chi connectivity index (χ0) is 32.4. The smallest absolute Gasteiger partial charge is 0.145 e. The molecular weight excluding hydrogens is 585 g/mol. The molecule has 0 aromatic heterocycles. The van der Waals surface area contributed by atoms with Crippen molar-refractivity contribution in [3.63, 3.8) is 0 Å². The fourth-order valence-corrected chi connectivity index (χ4v) is 7.08. The van der Waals surface area contributed by atoms with Crippen LogP contribution in [0.25, 0.3) is 12.2 Å². The van der Waals surface area contributed by atoms with E-state index >= 15 is 0 Å². The second-order valence-electron chi connectivity index (χ2n) is 13.3. The topological polar surface area (TPSA) is 33.6 Å². The van der Waals surface area contributed by atoms with Crippen LogP contribution in [-0.2, 0) is 13.1 Å². The molecule has 2 atom stereocenters. The third kappa shape index (κ3) is 8.07. The van der Waals surface area contributed by atoms with E-state index in [0.717, 1.165) is 50.4 Å². The summed E-state index contributed by atoms with van der Waals surface area (Å²) in [5.74, 6) is 0. The summed E-state index contributed by atoms with van der Waals surface area (Å²) in [5, 5.41) is 0. The van der Waals surface area contributed by atoms with Gasteiger partial charge in [-0.2, -0.15) is 0 Å². The van der Waals surface area contributed by atoms with Crippen LogP contribution in [0.3, 0.4) is 0 Å². The highest BCUT2D eigenvalue weighted by Gasteiger charge is 2.23. The largest absolute Gasteiger partial charge is 0.284 e. The van der Waals surface area contributed by atoms with Crippen molar-refractivity contribution in [2.45, 2.75) is 64.5 Å². The van der Waals surface area contributed by atoms with Gasteiger partial charge in [-0.3, -0.25) is 19.8 Å². The molecule has 6 aliphatic rings. The first-order valence-electron chi connectivity index (χ1n) is 18.0. The van der Waals surface area contributed by atoms with Crippen molar-refractivity contribution < 1.29 is 9.80 Å². The third-order valence-corrected chi connectivity index (χ3v) is 9.83. The molecule has 8 bridgehead atoms. The first-order valence-corrected chi connectivity index (χ1v) is 18.0. The second kappa shape index (κ2) is 16.0. The number of nitrogens with one attached hydrogen (secondary N) is 2. The van der Waals surface area contributed by atoms with Crippen LogP contribution >= 0.6 is 0 Å². The maximum absolute atomic E-state index is 5.04. The van der Waals surface area contributed by atoms with Crippen molar-refractivity contribution >= 4 is 35.0 Å². The highest BCUT2D eigenvalue weighted by atomic mass is 15.1. The van der Waals surface area contributed by atoms with Gasteiger partial charge in [0, 0.05) is 48.5 Å². The number of hydrogen-bond donors (Lipinski definition) is 2. The molecule has 0 spiro atoms. The van der Waals surface area contributed by atoms with Crippen LogP contribution in [0.4, 0.5) is 11.4 Å². The van der Waals surface area contributed by atoms with E-state index in [1.165, 1.54) is 93.1 Å². The molecule has 0 amide bonds. The lowest BCUT2D eigenvalue weighted by molar-refractivity contribution is -0.791. The highest BCUT2D eigenvalue weighted by Crippen LogP contribution is 2.20. The molecule has 6 heterocycles. The molecule has 0 fully saturated rings. The molecular formula is C44H48N4+2. The fraction of sp³-hybridized carbons (Fsp3) is 0.273. The molecule has 242 valence electrons. The molecule has 4 aromatic rings. The highest BCUT2D eigenvalue weighted by molar-refractivity contribution is 6.12. The monoisotopic (exact) mass is 632 g/mol. The molecule has 0 saturated carbocycles. The van der Waals surface area contributed by atoms with Gasteiger partial charge in [-0.25, -0.2) is 0 Å². The number of benzene rings is 4.